The van der Waals surface area contributed by atoms with Crippen LogP contribution in [0.2, 0.25) is 0 Å². The van der Waals surface area contributed by atoms with Gasteiger partial charge in [0.15, 0.2) is 0 Å². The maximum atomic E-state index is 12.8. The van der Waals surface area contributed by atoms with E-state index in [1.165, 1.54) is 0 Å². The van der Waals surface area contributed by atoms with E-state index in [9.17, 15) is 9.59 Å². The molecule has 0 bridgehead atoms. The van der Waals surface area contributed by atoms with Gasteiger partial charge < -0.3 is 10.6 Å². The molecule has 0 saturated heterocycles. The monoisotopic (exact) mass is 333 g/mol. The molecule has 4 rings (SSSR count). The lowest BCUT2D eigenvalue weighted by Crippen LogP contribution is -2.37. The van der Waals surface area contributed by atoms with Crippen molar-refractivity contribution >= 4 is 22.7 Å². The Morgan fingerprint density at radius 2 is 1.92 bits per heavy atom. The number of hydrogen-bond acceptors (Lipinski definition) is 5. The Bertz CT molecular complexity index is 1000. The zero-order valence-electron chi connectivity index (χ0n) is 13.3. The number of rotatable bonds is 2. The molecule has 0 radical (unpaired) electrons. The van der Waals surface area contributed by atoms with Crippen molar-refractivity contribution in [2.45, 2.75) is 13.0 Å². The second-order valence-corrected chi connectivity index (χ2v) is 5.90. The van der Waals surface area contributed by atoms with Crippen molar-refractivity contribution in [2.24, 2.45) is 5.73 Å². The number of nitrogens with two attached hydrogens (primary N) is 1. The molecule has 1 aliphatic rings. The van der Waals surface area contributed by atoms with Gasteiger partial charge in [-0.2, -0.15) is 0 Å². The Morgan fingerprint density at radius 1 is 1.08 bits per heavy atom. The topological polar surface area (TPSA) is 102 Å². The zero-order valence-corrected chi connectivity index (χ0v) is 13.3. The molecule has 0 spiro atoms. The first-order valence-corrected chi connectivity index (χ1v) is 7.91. The van der Waals surface area contributed by atoms with Gasteiger partial charge in [0.2, 0.25) is 5.82 Å². The van der Waals surface area contributed by atoms with E-state index in [1.807, 2.05) is 30.3 Å². The van der Waals surface area contributed by atoms with E-state index in [1.54, 1.807) is 17.2 Å². The predicted octanol–water partition coefficient (Wildman–Crippen LogP) is 1.32. The molecule has 1 aliphatic heterocycles. The van der Waals surface area contributed by atoms with Crippen molar-refractivity contribution in [3.63, 3.8) is 0 Å². The van der Waals surface area contributed by atoms with E-state index < -0.39 is 5.91 Å². The Morgan fingerprint density at radius 3 is 2.76 bits per heavy atom. The minimum Gasteiger partial charge on any atom is -0.363 e. The molecular formula is C18H15N5O2. The molecule has 0 aliphatic carbocycles. The van der Waals surface area contributed by atoms with Crippen LogP contribution in [0.15, 0.2) is 42.6 Å². The summed E-state index contributed by atoms with van der Waals surface area (Å²) in [4.78, 5) is 38.3. The third-order valence-corrected chi connectivity index (χ3v) is 4.27. The lowest BCUT2D eigenvalue weighted by molar-refractivity contribution is 0.0726. The van der Waals surface area contributed by atoms with Gasteiger partial charge in [-0.1, -0.05) is 24.3 Å². The highest BCUT2D eigenvalue weighted by atomic mass is 16.2. The van der Waals surface area contributed by atoms with Crippen LogP contribution in [0.1, 0.15) is 32.4 Å². The Kier molecular flexibility index (Phi) is 3.61. The number of primary amides is 1. The summed E-state index contributed by atoms with van der Waals surface area (Å²) in [5, 5.41) is 0.988. The average molecular weight is 333 g/mol. The molecule has 124 valence electrons. The number of amides is 2. The first-order chi connectivity index (χ1) is 12.1. The Labute approximate surface area is 143 Å². The molecule has 0 saturated carbocycles. The highest BCUT2D eigenvalue weighted by Gasteiger charge is 2.24. The number of carbonyl (C=O) groups is 2. The molecule has 0 unspecified atom stereocenters. The van der Waals surface area contributed by atoms with Gasteiger partial charge in [0.05, 0.1) is 17.8 Å². The first-order valence-electron chi connectivity index (χ1n) is 7.91. The fourth-order valence-electron chi connectivity index (χ4n) is 2.94. The van der Waals surface area contributed by atoms with Crippen LogP contribution in [0.3, 0.4) is 0 Å². The number of aromatic nitrogens is 3. The molecule has 2 amide bonds. The van der Waals surface area contributed by atoms with Crippen molar-refractivity contribution in [3.05, 3.63) is 65.4 Å². The van der Waals surface area contributed by atoms with Crippen LogP contribution in [-0.2, 0) is 13.0 Å². The minimum absolute atomic E-state index is 0.0307. The van der Waals surface area contributed by atoms with Crippen LogP contribution < -0.4 is 5.73 Å². The van der Waals surface area contributed by atoms with Gasteiger partial charge in [0.1, 0.15) is 5.69 Å². The first kappa shape index (κ1) is 15.2. The number of fused-ring (bicyclic) bond motifs is 2. The van der Waals surface area contributed by atoms with Gasteiger partial charge in [-0.05, 0) is 24.1 Å². The molecule has 0 atom stereocenters. The Hall–Kier alpha value is -3.35. The largest absolute Gasteiger partial charge is 0.363 e. The summed E-state index contributed by atoms with van der Waals surface area (Å²) in [5.74, 6) is -0.866. The van der Waals surface area contributed by atoms with Crippen LogP contribution in [-0.4, -0.2) is 38.2 Å². The van der Waals surface area contributed by atoms with Crippen LogP contribution in [0.25, 0.3) is 10.9 Å². The molecule has 7 heteroatoms. The maximum absolute atomic E-state index is 12.8. The highest BCUT2D eigenvalue weighted by molar-refractivity contribution is 5.95. The van der Waals surface area contributed by atoms with Crippen LogP contribution >= 0.6 is 0 Å². The van der Waals surface area contributed by atoms with E-state index in [0.717, 1.165) is 16.5 Å². The van der Waals surface area contributed by atoms with Gasteiger partial charge >= 0.3 is 0 Å². The number of hydrogen-bond donors (Lipinski definition) is 1. The number of benzene rings is 1. The fourth-order valence-corrected chi connectivity index (χ4v) is 2.94. The van der Waals surface area contributed by atoms with Crippen molar-refractivity contribution in [1.29, 1.82) is 0 Å². The predicted molar refractivity (Wildman–Crippen MR) is 90.7 cm³/mol. The summed E-state index contributed by atoms with van der Waals surface area (Å²) in [6.07, 6.45) is 2.24. The molecule has 7 nitrogen and oxygen atoms in total. The SMILES string of the molecule is NC(=O)c1ncc2c(n1)CN(C(=O)c1ccc3ccccc3n1)CC2. The number of pyridine rings is 1. The third-order valence-electron chi connectivity index (χ3n) is 4.27. The van der Waals surface area contributed by atoms with Gasteiger partial charge in [0.25, 0.3) is 11.8 Å². The number of nitrogens with zero attached hydrogens (tertiary/aromatic N) is 4. The van der Waals surface area contributed by atoms with Crippen LogP contribution in [0.4, 0.5) is 0 Å². The summed E-state index contributed by atoms with van der Waals surface area (Å²) in [7, 11) is 0. The normalized spacial score (nSPS) is 13.5. The summed E-state index contributed by atoms with van der Waals surface area (Å²) in [5.41, 5.74) is 7.99. The number of para-hydroxylation sites is 1. The summed E-state index contributed by atoms with van der Waals surface area (Å²) in [6, 6.07) is 11.3. The van der Waals surface area contributed by atoms with Gasteiger partial charge in [-0.25, -0.2) is 15.0 Å². The van der Waals surface area contributed by atoms with Crippen LogP contribution in [0.5, 0.6) is 0 Å². The molecule has 2 aromatic heterocycles. The van der Waals surface area contributed by atoms with Crippen molar-refractivity contribution in [2.75, 3.05) is 6.54 Å². The summed E-state index contributed by atoms with van der Waals surface area (Å²) < 4.78 is 0. The highest BCUT2D eigenvalue weighted by Crippen LogP contribution is 2.19. The van der Waals surface area contributed by atoms with Crippen molar-refractivity contribution in [3.8, 4) is 0 Å². The maximum Gasteiger partial charge on any atom is 0.286 e. The fraction of sp³-hybridized carbons (Fsp3) is 0.167. The molecule has 2 N–H and O–H groups in total. The second kappa shape index (κ2) is 5.94. The molecule has 1 aromatic carbocycles. The average Bonchev–Trinajstić information content (AvgIpc) is 2.66. The second-order valence-electron chi connectivity index (χ2n) is 5.90. The standard InChI is InChI=1S/C18H15N5O2/c19-16(24)17-20-9-12-7-8-23(10-15(12)22-17)18(25)14-6-5-11-3-1-2-4-13(11)21-14/h1-6,9H,7-8,10H2,(H2,19,24). The summed E-state index contributed by atoms with van der Waals surface area (Å²) in [6.45, 7) is 0.866. The van der Waals surface area contributed by atoms with E-state index in [4.69, 9.17) is 5.73 Å². The van der Waals surface area contributed by atoms with E-state index >= 15 is 0 Å². The molecule has 3 aromatic rings. The van der Waals surface area contributed by atoms with Crippen LogP contribution in [0, 0.1) is 0 Å². The molecule has 3 heterocycles. The Balaban J connectivity index is 1.62. The quantitative estimate of drug-likeness (QED) is 0.762. The summed E-state index contributed by atoms with van der Waals surface area (Å²) >= 11 is 0. The third kappa shape index (κ3) is 2.80. The molecule has 0 fully saturated rings. The van der Waals surface area contributed by atoms with Crippen molar-refractivity contribution in [1.82, 2.24) is 19.9 Å². The smallest absolute Gasteiger partial charge is 0.286 e. The zero-order chi connectivity index (χ0) is 17.4. The lowest BCUT2D eigenvalue weighted by Gasteiger charge is -2.27. The van der Waals surface area contributed by atoms with Gasteiger partial charge in [-0.15, -0.1) is 0 Å². The van der Waals surface area contributed by atoms with Crippen molar-refractivity contribution < 1.29 is 9.59 Å². The lowest BCUT2D eigenvalue weighted by atomic mass is 10.1. The molecule has 25 heavy (non-hydrogen) atoms. The minimum atomic E-state index is -0.678. The van der Waals surface area contributed by atoms with Gasteiger partial charge in [0, 0.05) is 18.1 Å². The van der Waals surface area contributed by atoms with Gasteiger partial charge in [-0.3, -0.25) is 9.59 Å². The number of carbonyl (C=O) groups excluding carboxylic acids is 2. The van der Waals surface area contributed by atoms with E-state index in [-0.39, 0.29) is 11.7 Å². The molecular weight excluding hydrogens is 318 g/mol. The van der Waals surface area contributed by atoms with E-state index in [0.29, 0.717) is 30.9 Å². The van der Waals surface area contributed by atoms with E-state index in [2.05, 4.69) is 15.0 Å².